The lowest BCUT2D eigenvalue weighted by Crippen LogP contribution is -2.10. The summed E-state index contributed by atoms with van der Waals surface area (Å²) in [5, 5.41) is 10.3. The fourth-order valence-corrected chi connectivity index (χ4v) is 2.41. The minimum Gasteiger partial charge on any atom is -0.265 e. The zero-order valence-electron chi connectivity index (χ0n) is 12.5. The van der Waals surface area contributed by atoms with E-state index in [4.69, 9.17) is 0 Å². The molecule has 0 atom stereocenters. The number of hydrogen-bond acceptors (Lipinski definition) is 7. The number of rotatable bonds is 3. The molecule has 3 aromatic rings. The summed E-state index contributed by atoms with van der Waals surface area (Å²) in [5.41, 5.74) is 0.326. The molecular formula is C13H9F3N6O2S. The predicted octanol–water partition coefficient (Wildman–Crippen LogP) is 1.54. The average Bonchev–Trinajstić information content (AvgIpc) is 3.00. The molecule has 0 spiro atoms. The van der Waals surface area contributed by atoms with Gasteiger partial charge in [0.1, 0.15) is 0 Å². The molecule has 0 aromatic carbocycles. The van der Waals surface area contributed by atoms with Crippen LogP contribution in [0.3, 0.4) is 0 Å². The molecule has 3 rings (SSSR count). The van der Waals surface area contributed by atoms with Crippen molar-refractivity contribution in [3.63, 3.8) is 0 Å². The van der Waals surface area contributed by atoms with Crippen LogP contribution in [0.15, 0.2) is 41.7 Å². The lowest BCUT2D eigenvalue weighted by Gasteiger charge is -2.04. The molecular weight excluding hydrogens is 361 g/mol. The molecule has 0 radical (unpaired) electrons. The Morgan fingerprint density at radius 1 is 1.04 bits per heavy atom. The maximum Gasteiger partial charge on any atom is 0.453 e. The zero-order chi connectivity index (χ0) is 18.2. The zero-order valence-corrected chi connectivity index (χ0v) is 13.3. The van der Waals surface area contributed by atoms with Gasteiger partial charge in [-0.2, -0.15) is 17.9 Å². The average molecular weight is 370 g/mol. The number of hydrogen-bond donors (Lipinski definition) is 0. The Morgan fingerprint density at radius 2 is 1.72 bits per heavy atom. The van der Waals surface area contributed by atoms with E-state index in [9.17, 15) is 21.6 Å². The smallest absolute Gasteiger partial charge is 0.265 e. The van der Waals surface area contributed by atoms with Crippen molar-refractivity contribution < 1.29 is 21.6 Å². The van der Waals surface area contributed by atoms with E-state index in [0.29, 0.717) is 5.56 Å². The summed E-state index contributed by atoms with van der Waals surface area (Å²) in [4.78, 5) is 7.31. The number of sulfone groups is 1. The van der Waals surface area contributed by atoms with Crippen LogP contribution in [0.5, 0.6) is 0 Å². The number of alkyl halides is 3. The van der Waals surface area contributed by atoms with Gasteiger partial charge in [0.25, 0.3) is 5.82 Å². The van der Waals surface area contributed by atoms with Crippen LogP contribution in [0, 0.1) is 0 Å². The summed E-state index contributed by atoms with van der Waals surface area (Å²) in [6, 6.07) is 5.24. The second-order valence-corrected chi connectivity index (χ2v) is 6.87. The maximum atomic E-state index is 13.0. The molecule has 0 aliphatic heterocycles. The Hall–Kier alpha value is -2.89. The second-order valence-electron chi connectivity index (χ2n) is 4.91. The van der Waals surface area contributed by atoms with Gasteiger partial charge in [-0.05, 0) is 24.3 Å². The number of pyridine rings is 1. The van der Waals surface area contributed by atoms with Gasteiger partial charge in [-0.25, -0.2) is 13.4 Å². The summed E-state index contributed by atoms with van der Waals surface area (Å²) < 4.78 is 62.6. The largest absolute Gasteiger partial charge is 0.453 e. The molecule has 25 heavy (non-hydrogen) atoms. The van der Waals surface area contributed by atoms with E-state index < -0.39 is 21.8 Å². The first-order valence-electron chi connectivity index (χ1n) is 6.65. The number of aromatic nitrogens is 6. The highest BCUT2D eigenvalue weighted by molar-refractivity contribution is 7.90. The van der Waals surface area contributed by atoms with Crippen molar-refractivity contribution in [3.8, 4) is 17.2 Å². The lowest BCUT2D eigenvalue weighted by molar-refractivity contribution is -0.144. The van der Waals surface area contributed by atoms with Gasteiger partial charge in [0.2, 0.25) is 0 Å². The van der Waals surface area contributed by atoms with E-state index in [2.05, 4.69) is 25.3 Å². The quantitative estimate of drug-likeness (QED) is 0.689. The molecule has 3 aromatic heterocycles. The number of halogens is 3. The van der Waals surface area contributed by atoms with Gasteiger partial charge in [-0.3, -0.25) is 4.98 Å². The molecule has 0 aliphatic rings. The van der Waals surface area contributed by atoms with E-state index >= 15 is 0 Å². The third-order valence-electron chi connectivity index (χ3n) is 3.02. The predicted molar refractivity (Wildman–Crippen MR) is 78.3 cm³/mol. The molecule has 8 nitrogen and oxygen atoms in total. The second kappa shape index (κ2) is 5.88. The summed E-state index contributed by atoms with van der Waals surface area (Å²) in [6.45, 7) is 0. The Kier molecular flexibility index (Phi) is 3.99. The van der Waals surface area contributed by atoms with Gasteiger partial charge in [0.15, 0.2) is 26.5 Å². The van der Waals surface area contributed by atoms with Crippen LogP contribution in [-0.2, 0) is 16.0 Å². The fraction of sp³-hybridized carbons (Fsp3) is 0.154. The summed E-state index contributed by atoms with van der Waals surface area (Å²) >= 11 is 0. The molecule has 130 valence electrons. The van der Waals surface area contributed by atoms with Crippen molar-refractivity contribution in [1.29, 1.82) is 0 Å². The first kappa shape index (κ1) is 17.0. The highest BCUT2D eigenvalue weighted by atomic mass is 32.2. The minimum absolute atomic E-state index is 0.109. The highest BCUT2D eigenvalue weighted by Crippen LogP contribution is 2.29. The first-order valence-corrected chi connectivity index (χ1v) is 8.54. The van der Waals surface area contributed by atoms with Crippen molar-refractivity contribution >= 4 is 9.84 Å². The molecule has 0 saturated heterocycles. The van der Waals surface area contributed by atoms with E-state index in [1.807, 2.05) is 0 Å². The van der Waals surface area contributed by atoms with Crippen molar-refractivity contribution in [2.24, 2.45) is 0 Å². The van der Waals surface area contributed by atoms with Crippen LogP contribution in [-0.4, -0.2) is 44.6 Å². The molecule has 0 aliphatic carbocycles. The van der Waals surface area contributed by atoms with Crippen LogP contribution in [0.2, 0.25) is 0 Å². The topological polar surface area (TPSA) is 104 Å². The van der Waals surface area contributed by atoms with E-state index in [-0.39, 0.29) is 16.7 Å². The van der Waals surface area contributed by atoms with Gasteiger partial charge in [0, 0.05) is 24.2 Å². The van der Waals surface area contributed by atoms with E-state index in [0.717, 1.165) is 17.0 Å². The van der Waals surface area contributed by atoms with Crippen LogP contribution in [0.4, 0.5) is 13.2 Å². The molecule has 3 heterocycles. The Bertz CT molecular complexity index is 1000. The summed E-state index contributed by atoms with van der Waals surface area (Å²) in [5.74, 6) is -1.59. The van der Waals surface area contributed by atoms with Gasteiger partial charge in [-0.1, -0.05) is 0 Å². The Labute approximate surface area is 139 Å². The molecule has 12 heteroatoms. The number of nitrogens with zero attached hydrogens (tertiary/aromatic N) is 6. The maximum absolute atomic E-state index is 13.0. The van der Waals surface area contributed by atoms with Crippen molar-refractivity contribution in [2.45, 2.75) is 11.2 Å². The normalized spacial score (nSPS) is 12.3. The van der Waals surface area contributed by atoms with Gasteiger partial charge in [0.05, 0.1) is 0 Å². The van der Waals surface area contributed by atoms with Crippen molar-refractivity contribution in [3.05, 3.63) is 42.5 Å². The third-order valence-corrected chi connectivity index (χ3v) is 4.00. The molecule has 0 saturated carbocycles. The molecule has 0 fully saturated rings. The molecule has 0 amide bonds. The molecule has 0 unspecified atom stereocenters. The fourth-order valence-electron chi connectivity index (χ4n) is 1.90. The van der Waals surface area contributed by atoms with Crippen molar-refractivity contribution in [2.75, 3.05) is 6.26 Å². The van der Waals surface area contributed by atoms with Crippen molar-refractivity contribution in [1.82, 2.24) is 29.9 Å². The van der Waals surface area contributed by atoms with Crippen LogP contribution >= 0.6 is 0 Å². The van der Waals surface area contributed by atoms with Gasteiger partial charge < -0.3 is 0 Å². The summed E-state index contributed by atoms with van der Waals surface area (Å²) in [6.07, 6.45) is -1.04. The van der Waals surface area contributed by atoms with Crippen LogP contribution in [0.25, 0.3) is 17.2 Å². The monoisotopic (exact) mass is 370 g/mol. The van der Waals surface area contributed by atoms with Gasteiger partial charge in [-0.15, -0.1) is 15.3 Å². The highest BCUT2D eigenvalue weighted by Gasteiger charge is 2.37. The SMILES string of the molecule is CS(=O)(=O)c1ccc(-n2nc(C(F)(F)F)nc2-c2ccncc2)nn1. The molecule has 0 bridgehead atoms. The Morgan fingerprint density at radius 3 is 2.24 bits per heavy atom. The standard InChI is InChI=1S/C13H9F3N6O2S/c1-25(23,24)10-3-2-9(19-20-10)22-11(8-4-6-17-7-5-8)18-12(21-22)13(14,15)16/h2-7H,1H3. The summed E-state index contributed by atoms with van der Waals surface area (Å²) in [7, 11) is -3.59. The Balaban J connectivity index is 2.16. The van der Waals surface area contributed by atoms with E-state index in [1.54, 1.807) is 0 Å². The van der Waals surface area contributed by atoms with Crippen LogP contribution < -0.4 is 0 Å². The van der Waals surface area contributed by atoms with Gasteiger partial charge >= 0.3 is 6.18 Å². The van der Waals surface area contributed by atoms with E-state index in [1.165, 1.54) is 30.6 Å². The lowest BCUT2D eigenvalue weighted by atomic mass is 10.2. The first-order chi connectivity index (χ1) is 11.7. The third kappa shape index (κ3) is 3.47. The molecule has 0 N–H and O–H groups in total. The van der Waals surface area contributed by atoms with Crippen LogP contribution in [0.1, 0.15) is 5.82 Å². The minimum atomic E-state index is -4.76.